The molecule has 0 aliphatic carbocycles. The first-order valence-corrected chi connectivity index (χ1v) is 7.28. The standard InChI is InChI=1S/C16H16Cl2N2O/c1-10-4-3-5-11(2)16(10)19-9-15(21)20-14-8-12(17)6-7-13(14)18/h3-8,19H,9H2,1-2H3,(H,20,21). The quantitative estimate of drug-likeness (QED) is 0.859. The number of benzene rings is 2. The van der Waals surface area contributed by atoms with Gasteiger partial charge < -0.3 is 10.6 Å². The van der Waals surface area contributed by atoms with Gasteiger partial charge in [0.15, 0.2) is 0 Å². The molecule has 5 heteroatoms. The maximum absolute atomic E-state index is 12.0. The van der Waals surface area contributed by atoms with Gasteiger partial charge in [-0.05, 0) is 43.2 Å². The molecule has 1 amide bonds. The van der Waals surface area contributed by atoms with Gasteiger partial charge in [0.1, 0.15) is 0 Å². The molecule has 0 heterocycles. The minimum Gasteiger partial charge on any atom is -0.376 e. The average molecular weight is 323 g/mol. The van der Waals surface area contributed by atoms with Gasteiger partial charge in [-0.15, -0.1) is 0 Å². The molecule has 3 nitrogen and oxygen atoms in total. The van der Waals surface area contributed by atoms with Crippen LogP contribution in [0, 0.1) is 13.8 Å². The van der Waals surface area contributed by atoms with Crippen LogP contribution >= 0.6 is 23.2 Å². The number of halogens is 2. The monoisotopic (exact) mass is 322 g/mol. The van der Waals surface area contributed by atoms with E-state index in [-0.39, 0.29) is 12.5 Å². The zero-order valence-electron chi connectivity index (χ0n) is 11.8. The predicted octanol–water partition coefficient (Wildman–Crippen LogP) is 4.66. The van der Waals surface area contributed by atoms with Gasteiger partial charge in [-0.25, -0.2) is 0 Å². The van der Waals surface area contributed by atoms with Crippen LogP contribution in [0.4, 0.5) is 11.4 Å². The predicted molar refractivity (Wildman–Crippen MR) is 89.5 cm³/mol. The topological polar surface area (TPSA) is 41.1 Å². The maximum Gasteiger partial charge on any atom is 0.243 e. The van der Waals surface area contributed by atoms with Gasteiger partial charge in [-0.1, -0.05) is 41.4 Å². The zero-order valence-corrected chi connectivity index (χ0v) is 13.3. The Bertz CT molecular complexity index is 651. The van der Waals surface area contributed by atoms with E-state index in [0.717, 1.165) is 16.8 Å². The van der Waals surface area contributed by atoms with Crippen LogP contribution in [-0.4, -0.2) is 12.5 Å². The van der Waals surface area contributed by atoms with Crippen molar-refractivity contribution in [2.24, 2.45) is 0 Å². The highest BCUT2D eigenvalue weighted by Crippen LogP contribution is 2.25. The van der Waals surface area contributed by atoms with Crippen molar-refractivity contribution in [3.8, 4) is 0 Å². The number of para-hydroxylation sites is 1. The number of rotatable bonds is 4. The van der Waals surface area contributed by atoms with E-state index in [9.17, 15) is 4.79 Å². The molecule has 0 atom stereocenters. The number of carbonyl (C=O) groups excluding carboxylic acids is 1. The third kappa shape index (κ3) is 4.13. The molecule has 0 fully saturated rings. The molecule has 0 aromatic heterocycles. The summed E-state index contributed by atoms with van der Waals surface area (Å²) < 4.78 is 0. The van der Waals surface area contributed by atoms with E-state index in [1.807, 2.05) is 32.0 Å². The van der Waals surface area contributed by atoms with Gasteiger partial charge in [0, 0.05) is 10.7 Å². The van der Waals surface area contributed by atoms with Crippen LogP contribution in [0.15, 0.2) is 36.4 Å². The Morgan fingerprint density at radius 1 is 1.10 bits per heavy atom. The molecule has 0 radical (unpaired) electrons. The summed E-state index contributed by atoms with van der Waals surface area (Å²) in [5.41, 5.74) is 3.69. The van der Waals surface area contributed by atoms with E-state index in [0.29, 0.717) is 15.7 Å². The number of carbonyl (C=O) groups is 1. The number of aryl methyl sites for hydroxylation is 2. The van der Waals surface area contributed by atoms with Crippen molar-refractivity contribution in [1.82, 2.24) is 0 Å². The Kier molecular flexibility index (Phi) is 5.10. The van der Waals surface area contributed by atoms with E-state index >= 15 is 0 Å². The van der Waals surface area contributed by atoms with Crippen LogP contribution in [0.5, 0.6) is 0 Å². The van der Waals surface area contributed by atoms with Gasteiger partial charge in [-0.2, -0.15) is 0 Å². The maximum atomic E-state index is 12.0. The lowest BCUT2D eigenvalue weighted by molar-refractivity contribution is -0.114. The molecule has 0 aliphatic rings. The normalized spacial score (nSPS) is 10.3. The minimum absolute atomic E-state index is 0.161. The third-order valence-electron chi connectivity index (χ3n) is 3.11. The molecule has 0 spiro atoms. The first-order valence-electron chi connectivity index (χ1n) is 6.52. The molecule has 2 aromatic rings. The Hall–Kier alpha value is -1.71. The van der Waals surface area contributed by atoms with E-state index in [1.54, 1.807) is 18.2 Å². The minimum atomic E-state index is -0.179. The molecule has 0 saturated carbocycles. The van der Waals surface area contributed by atoms with Crippen LogP contribution in [0.1, 0.15) is 11.1 Å². The molecule has 0 bridgehead atoms. The van der Waals surface area contributed by atoms with Crippen LogP contribution < -0.4 is 10.6 Å². The molecule has 2 N–H and O–H groups in total. The summed E-state index contributed by atoms with van der Waals surface area (Å²) in [5.74, 6) is -0.179. The fourth-order valence-corrected chi connectivity index (χ4v) is 2.39. The van der Waals surface area contributed by atoms with Gasteiger partial charge >= 0.3 is 0 Å². The largest absolute Gasteiger partial charge is 0.376 e. The van der Waals surface area contributed by atoms with Crippen LogP contribution in [0.2, 0.25) is 10.0 Å². The summed E-state index contributed by atoms with van der Waals surface area (Å²) in [4.78, 5) is 12.0. The molecule has 2 aromatic carbocycles. The summed E-state index contributed by atoms with van der Waals surface area (Å²) >= 11 is 11.9. The molecule has 21 heavy (non-hydrogen) atoms. The fraction of sp³-hybridized carbons (Fsp3) is 0.188. The number of anilines is 2. The summed E-state index contributed by atoms with van der Waals surface area (Å²) in [6.07, 6.45) is 0. The third-order valence-corrected chi connectivity index (χ3v) is 3.67. The lowest BCUT2D eigenvalue weighted by Crippen LogP contribution is -2.22. The molecule has 110 valence electrons. The SMILES string of the molecule is Cc1cccc(C)c1NCC(=O)Nc1cc(Cl)ccc1Cl. The van der Waals surface area contributed by atoms with Crippen molar-refractivity contribution in [1.29, 1.82) is 0 Å². The highest BCUT2D eigenvalue weighted by atomic mass is 35.5. The second kappa shape index (κ2) is 6.83. The van der Waals surface area contributed by atoms with Crippen LogP contribution in [0.3, 0.4) is 0 Å². The van der Waals surface area contributed by atoms with Crippen molar-refractivity contribution in [3.63, 3.8) is 0 Å². The Labute approximate surface area is 134 Å². The highest BCUT2D eigenvalue weighted by Gasteiger charge is 2.08. The summed E-state index contributed by atoms with van der Waals surface area (Å²) in [6, 6.07) is 10.9. The van der Waals surface area contributed by atoms with Crippen molar-refractivity contribution in [2.75, 3.05) is 17.2 Å². The molecular formula is C16H16Cl2N2O. The zero-order chi connectivity index (χ0) is 15.4. The average Bonchev–Trinajstić information content (AvgIpc) is 2.42. The van der Waals surface area contributed by atoms with E-state index < -0.39 is 0 Å². The number of hydrogen-bond donors (Lipinski definition) is 2. The number of nitrogens with one attached hydrogen (secondary N) is 2. The van der Waals surface area contributed by atoms with Gasteiger partial charge in [-0.3, -0.25) is 4.79 Å². The smallest absolute Gasteiger partial charge is 0.243 e. The van der Waals surface area contributed by atoms with E-state index in [4.69, 9.17) is 23.2 Å². The fourth-order valence-electron chi connectivity index (χ4n) is 2.05. The Morgan fingerprint density at radius 3 is 2.43 bits per heavy atom. The summed E-state index contributed by atoms with van der Waals surface area (Å²) in [5, 5.41) is 6.87. The molecular weight excluding hydrogens is 307 g/mol. The highest BCUT2D eigenvalue weighted by molar-refractivity contribution is 6.35. The first-order chi connectivity index (χ1) is 9.97. The molecule has 2 rings (SSSR count). The van der Waals surface area contributed by atoms with Crippen molar-refractivity contribution >= 4 is 40.5 Å². The van der Waals surface area contributed by atoms with Crippen molar-refractivity contribution in [3.05, 3.63) is 57.6 Å². The Morgan fingerprint density at radius 2 is 1.76 bits per heavy atom. The molecule has 0 saturated heterocycles. The van der Waals surface area contributed by atoms with Gasteiger partial charge in [0.05, 0.1) is 17.3 Å². The van der Waals surface area contributed by atoms with Crippen LogP contribution in [-0.2, 0) is 4.79 Å². The lowest BCUT2D eigenvalue weighted by atomic mass is 10.1. The first kappa shape index (κ1) is 15.7. The lowest BCUT2D eigenvalue weighted by Gasteiger charge is -2.13. The van der Waals surface area contributed by atoms with Crippen molar-refractivity contribution < 1.29 is 4.79 Å². The van der Waals surface area contributed by atoms with Gasteiger partial charge in [0.25, 0.3) is 0 Å². The van der Waals surface area contributed by atoms with Crippen molar-refractivity contribution in [2.45, 2.75) is 13.8 Å². The van der Waals surface area contributed by atoms with E-state index in [1.165, 1.54) is 0 Å². The van der Waals surface area contributed by atoms with Crippen LogP contribution in [0.25, 0.3) is 0 Å². The Balaban J connectivity index is 2.01. The molecule has 0 unspecified atom stereocenters. The van der Waals surface area contributed by atoms with E-state index in [2.05, 4.69) is 10.6 Å². The number of hydrogen-bond acceptors (Lipinski definition) is 2. The molecule has 0 aliphatic heterocycles. The second-order valence-corrected chi connectivity index (χ2v) is 5.64. The van der Waals surface area contributed by atoms with Gasteiger partial charge in [0.2, 0.25) is 5.91 Å². The number of amides is 1. The summed E-state index contributed by atoms with van der Waals surface area (Å²) in [7, 11) is 0. The summed E-state index contributed by atoms with van der Waals surface area (Å²) in [6.45, 7) is 4.16. The second-order valence-electron chi connectivity index (χ2n) is 4.79.